The van der Waals surface area contributed by atoms with E-state index in [-0.39, 0.29) is 24.3 Å². The molecule has 1 amide bonds. The van der Waals surface area contributed by atoms with Crippen molar-refractivity contribution < 1.29 is 23.4 Å². The predicted molar refractivity (Wildman–Crippen MR) is 144 cm³/mol. The van der Waals surface area contributed by atoms with Crippen molar-refractivity contribution >= 4 is 11.6 Å². The van der Waals surface area contributed by atoms with Gasteiger partial charge in [-0.1, -0.05) is 25.5 Å². The van der Waals surface area contributed by atoms with Crippen LogP contribution < -0.4 is 14.8 Å². The topological polar surface area (TPSA) is 87.5 Å². The molecule has 0 fully saturated rings. The summed E-state index contributed by atoms with van der Waals surface area (Å²) in [6.07, 6.45) is 2.05. The SMILES string of the molecule is CCCCOc1ccc(C(=O)Nc2ccc(-n3nc(OCCOCC)nc3-c3cccc(F)c3)cc2)cc1. The van der Waals surface area contributed by atoms with Gasteiger partial charge in [-0.05, 0) is 74.0 Å². The first-order chi connectivity index (χ1) is 18.6. The standard InChI is InChI=1S/C29H31FN4O4/c1-3-5-17-37-26-15-9-21(10-16-26)28(35)31-24-11-13-25(14-12-24)34-27(22-7-6-8-23(30)20-22)32-29(33-34)38-19-18-36-4-2/h6-16,20H,3-5,17-19H2,1-2H3,(H,31,35). The minimum absolute atomic E-state index is 0.156. The van der Waals surface area contributed by atoms with Crippen LogP contribution in [0.1, 0.15) is 37.0 Å². The van der Waals surface area contributed by atoms with Crippen LogP contribution in [0.4, 0.5) is 10.1 Å². The number of nitrogens with zero attached hydrogens (tertiary/aromatic N) is 3. The Morgan fingerprint density at radius 2 is 1.74 bits per heavy atom. The highest BCUT2D eigenvalue weighted by Crippen LogP contribution is 2.25. The fourth-order valence-electron chi connectivity index (χ4n) is 3.61. The minimum atomic E-state index is -0.380. The van der Waals surface area contributed by atoms with E-state index in [0.717, 1.165) is 18.6 Å². The Balaban J connectivity index is 1.48. The number of carbonyl (C=O) groups excluding carboxylic acids is 1. The van der Waals surface area contributed by atoms with Crippen molar-refractivity contribution in [1.82, 2.24) is 14.8 Å². The van der Waals surface area contributed by atoms with E-state index in [1.54, 1.807) is 65.3 Å². The Hall–Kier alpha value is -4.24. The van der Waals surface area contributed by atoms with E-state index < -0.39 is 0 Å². The summed E-state index contributed by atoms with van der Waals surface area (Å²) >= 11 is 0. The van der Waals surface area contributed by atoms with Gasteiger partial charge >= 0.3 is 6.01 Å². The Kier molecular flexibility index (Phi) is 9.42. The highest BCUT2D eigenvalue weighted by molar-refractivity contribution is 6.04. The van der Waals surface area contributed by atoms with Gasteiger partial charge in [-0.2, -0.15) is 4.98 Å². The molecule has 0 unspecified atom stereocenters. The lowest BCUT2D eigenvalue weighted by Gasteiger charge is -2.09. The van der Waals surface area contributed by atoms with E-state index in [9.17, 15) is 9.18 Å². The Morgan fingerprint density at radius 1 is 0.947 bits per heavy atom. The smallest absolute Gasteiger partial charge is 0.336 e. The van der Waals surface area contributed by atoms with Gasteiger partial charge in [0.15, 0.2) is 5.82 Å². The quantitative estimate of drug-likeness (QED) is 0.221. The molecule has 0 spiro atoms. The lowest BCUT2D eigenvalue weighted by Crippen LogP contribution is -2.12. The molecule has 0 aliphatic carbocycles. The lowest BCUT2D eigenvalue weighted by molar-refractivity contribution is 0.102. The predicted octanol–water partition coefficient (Wildman–Crippen LogP) is 5.92. The van der Waals surface area contributed by atoms with Gasteiger partial charge in [0.2, 0.25) is 0 Å². The van der Waals surface area contributed by atoms with Gasteiger partial charge in [-0.15, -0.1) is 5.10 Å². The average molecular weight is 519 g/mol. The van der Waals surface area contributed by atoms with E-state index in [4.69, 9.17) is 14.2 Å². The van der Waals surface area contributed by atoms with Crippen LogP contribution in [-0.4, -0.2) is 47.1 Å². The van der Waals surface area contributed by atoms with E-state index in [1.807, 2.05) is 6.92 Å². The zero-order chi connectivity index (χ0) is 26.7. The molecule has 1 N–H and O–H groups in total. The molecular formula is C29H31FN4O4. The van der Waals surface area contributed by atoms with Gasteiger partial charge in [0.1, 0.15) is 18.2 Å². The maximum absolute atomic E-state index is 13.9. The fraction of sp³-hybridized carbons (Fsp3) is 0.276. The van der Waals surface area contributed by atoms with Crippen LogP contribution in [0, 0.1) is 5.82 Å². The number of carbonyl (C=O) groups is 1. The number of aromatic nitrogens is 3. The second-order valence-electron chi connectivity index (χ2n) is 8.41. The van der Waals surface area contributed by atoms with Crippen LogP contribution in [0.25, 0.3) is 17.1 Å². The monoisotopic (exact) mass is 518 g/mol. The zero-order valence-corrected chi connectivity index (χ0v) is 21.5. The first-order valence-electron chi connectivity index (χ1n) is 12.7. The molecule has 38 heavy (non-hydrogen) atoms. The molecule has 0 aliphatic heterocycles. The maximum atomic E-state index is 13.9. The van der Waals surface area contributed by atoms with Crippen LogP contribution in [0.15, 0.2) is 72.8 Å². The molecule has 0 aliphatic rings. The molecule has 1 heterocycles. The van der Waals surface area contributed by atoms with Crippen molar-refractivity contribution in [2.45, 2.75) is 26.7 Å². The Bertz CT molecular complexity index is 1320. The molecule has 4 aromatic rings. The fourth-order valence-corrected chi connectivity index (χ4v) is 3.61. The van der Waals surface area contributed by atoms with Gasteiger partial charge < -0.3 is 19.5 Å². The van der Waals surface area contributed by atoms with Gasteiger partial charge in [0.05, 0.1) is 18.9 Å². The number of anilines is 1. The molecule has 8 nitrogen and oxygen atoms in total. The number of halogens is 1. The molecule has 9 heteroatoms. The molecule has 0 bridgehead atoms. The van der Waals surface area contributed by atoms with Crippen molar-refractivity contribution in [3.8, 4) is 28.8 Å². The van der Waals surface area contributed by atoms with Crippen molar-refractivity contribution in [2.24, 2.45) is 0 Å². The number of nitrogens with one attached hydrogen (secondary N) is 1. The van der Waals surface area contributed by atoms with Crippen LogP contribution in [0.3, 0.4) is 0 Å². The minimum Gasteiger partial charge on any atom is -0.494 e. The summed E-state index contributed by atoms with van der Waals surface area (Å²) in [4.78, 5) is 17.2. The third-order valence-electron chi connectivity index (χ3n) is 5.59. The molecule has 1 aromatic heterocycles. The average Bonchev–Trinajstić information content (AvgIpc) is 3.36. The van der Waals surface area contributed by atoms with Crippen LogP contribution in [-0.2, 0) is 4.74 Å². The number of hydrogen-bond donors (Lipinski definition) is 1. The van der Waals surface area contributed by atoms with Crippen LogP contribution in [0.2, 0.25) is 0 Å². The second-order valence-corrected chi connectivity index (χ2v) is 8.41. The van der Waals surface area contributed by atoms with Crippen molar-refractivity contribution in [3.05, 3.63) is 84.2 Å². The van der Waals surface area contributed by atoms with Crippen molar-refractivity contribution in [1.29, 1.82) is 0 Å². The third kappa shape index (κ3) is 7.17. The molecule has 0 saturated heterocycles. The highest BCUT2D eigenvalue weighted by Gasteiger charge is 2.16. The maximum Gasteiger partial charge on any atom is 0.336 e. The number of benzene rings is 3. The molecule has 0 atom stereocenters. The summed E-state index contributed by atoms with van der Waals surface area (Å²) in [5, 5.41) is 7.36. The number of ether oxygens (including phenoxy) is 3. The number of amides is 1. The van der Waals surface area contributed by atoms with Gasteiger partial charge in [-0.25, -0.2) is 9.07 Å². The largest absolute Gasteiger partial charge is 0.494 e. The van der Waals surface area contributed by atoms with Crippen molar-refractivity contribution in [2.75, 3.05) is 31.7 Å². The zero-order valence-electron chi connectivity index (χ0n) is 21.5. The normalized spacial score (nSPS) is 10.8. The summed E-state index contributed by atoms with van der Waals surface area (Å²) in [5.74, 6) is 0.551. The van der Waals surface area contributed by atoms with Crippen LogP contribution in [0.5, 0.6) is 11.8 Å². The molecule has 3 aromatic carbocycles. The molecule has 198 valence electrons. The molecule has 0 radical (unpaired) electrons. The Labute approximate surface area is 221 Å². The summed E-state index contributed by atoms with van der Waals surface area (Å²) in [5.41, 5.74) is 2.36. The van der Waals surface area contributed by atoms with Gasteiger partial charge in [-0.3, -0.25) is 4.79 Å². The van der Waals surface area contributed by atoms with Gasteiger partial charge in [0, 0.05) is 23.4 Å². The summed E-state index contributed by atoms with van der Waals surface area (Å²) in [7, 11) is 0. The Morgan fingerprint density at radius 3 is 2.45 bits per heavy atom. The van der Waals surface area contributed by atoms with Gasteiger partial charge in [0.25, 0.3) is 5.91 Å². The first kappa shape index (κ1) is 26.8. The summed E-state index contributed by atoms with van der Waals surface area (Å²) < 4.78 is 32.1. The van der Waals surface area contributed by atoms with E-state index in [1.165, 1.54) is 12.1 Å². The first-order valence-corrected chi connectivity index (χ1v) is 12.7. The summed E-state index contributed by atoms with van der Waals surface area (Å²) in [6.45, 7) is 5.95. The molecule has 0 saturated carbocycles. The summed E-state index contributed by atoms with van der Waals surface area (Å²) in [6, 6.07) is 20.5. The molecular weight excluding hydrogens is 487 g/mol. The highest BCUT2D eigenvalue weighted by atomic mass is 19.1. The number of unbranched alkanes of at least 4 members (excludes halogenated alkanes) is 1. The number of rotatable bonds is 13. The lowest BCUT2D eigenvalue weighted by atomic mass is 10.2. The van der Waals surface area contributed by atoms with Crippen molar-refractivity contribution in [3.63, 3.8) is 0 Å². The van der Waals surface area contributed by atoms with Crippen LogP contribution >= 0.6 is 0 Å². The van der Waals surface area contributed by atoms with E-state index >= 15 is 0 Å². The molecule has 4 rings (SSSR count). The third-order valence-corrected chi connectivity index (χ3v) is 5.59. The van der Waals surface area contributed by atoms with E-state index in [2.05, 4.69) is 22.3 Å². The second kappa shape index (κ2) is 13.3. The van der Waals surface area contributed by atoms with E-state index in [0.29, 0.717) is 48.1 Å². The number of hydrogen-bond acceptors (Lipinski definition) is 6.